The van der Waals surface area contributed by atoms with Crippen molar-refractivity contribution in [2.75, 3.05) is 13.2 Å². The number of hydrogen-bond donors (Lipinski definition) is 1. The van der Waals surface area contributed by atoms with Gasteiger partial charge in [0, 0.05) is 23.7 Å². The van der Waals surface area contributed by atoms with Crippen LogP contribution < -0.4 is 0 Å². The fourth-order valence-electron chi connectivity index (χ4n) is 2.30. The van der Waals surface area contributed by atoms with E-state index >= 15 is 0 Å². The number of hydrogen-bond acceptors (Lipinski definition) is 3. The zero-order valence-electron chi connectivity index (χ0n) is 8.65. The van der Waals surface area contributed by atoms with Gasteiger partial charge in [0.1, 0.15) is 0 Å². The van der Waals surface area contributed by atoms with Gasteiger partial charge in [-0.3, -0.25) is 0 Å². The van der Waals surface area contributed by atoms with Gasteiger partial charge in [0.2, 0.25) is 0 Å². The van der Waals surface area contributed by atoms with Crippen molar-refractivity contribution in [1.82, 2.24) is 0 Å². The molecule has 0 aromatic rings. The lowest BCUT2D eigenvalue weighted by atomic mass is 9.97. The van der Waals surface area contributed by atoms with Crippen molar-refractivity contribution in [3.8, 4) is 0 Å². The van der Waals surface area contributed by atoms with Crippen LogP contribution in [0.4, 0.5) is 0 Å². The molecule has 2 fully saturated rings. The van der Waals surface area contributed by atoms with E-state index in [0.717, 1.165) is 24.9 Å². The zero-order chi connectivity index (χ0) is 9.80. The molecule has 1 N–H and O–H groups in total. The SMILES string of the molecule is O[C@@H]1CCCC[C@H]1SC1CCOCC1. The Morgan fingerprint density at radius 1 is 1.00 bits per heavy atom. The summed E-state index contributed by atoms with van der Waals surface area (Å²) >= 11 is 2.02. The summed E-state index contributed by atoms with van der Waals surface area (Å²) in [5.74, 6) is 0. The van der Waals surface area contributed by atoms with Gasteiger partial charge in [-0.25, -0.2) is 0 Å². The van der Waals surface area contributed by atoms with Crippen LogP contribution in [0, 0.1) is 0 Å². The van der Waals surface area contributed by atoms with Gasteiger partial charge in [0.05, 0.1) is 6.10 Å². The van der Waals surface area contributed by atoms with E-state index in [1.165, 1.54) is 32.1 Å². The summed E-state index contributed by atoms with van der Waals surface area (Å²) < 4.78 is 5.34. The molecule has 2 nitrogen and oxygen atoms in total. The molecule has 1 saturated carbocycles. The molecule has 1 aliphatic heterocycles. The van der Waals surface area contributed by atoms with Crippen LogP contribution >= 0.6 is 11.8 Å². The van der Waals surface area contributed by atoms with Crippen molar-refractivity contribution in [3.05, 3.63) is 0 Å². The van der Waals surface area contributed by atoms with E-state index in [2.05, 4.69) is 0 Å². The standard InChI is InChI=1S/C11H20O2S/c12-10-3-1-2-4-11(10)14-9-5-7-13-8-6-9/h9-12H,1-8H2/t10-,11-/m1/s1. The molecule has 0 unspecified atom stereocenters. The smallest absolute Gasteiger partial charge is 0.0658 e. The van der Waals surface area contributed by atoms with Crippen molar-refractivity contribution in [3.63, 3.8) is 0 Å². The highest BCUT2D eigenvalue weighted by molar-refractivity contribution is 8.00. The molecule has 3 heteroatoms. The van der Waals surface area contributed by atoms with E-state index in [4.69, 9.17) is 4.74 Å². The van der Waals surface area contributed by atoms with Gasteiger partial charge in [-0.1, -0.05) is 12.8 Å². The molecule has 1 aliphatic carbocycles. The molecule has 2 aliphatic rings. The maximum atomic E-state index is 9.85. The molecule has 2 rings (SSSR count). The molecule has 14 heavy (non-hydrogen) atoms. The molecular formula is C11H20O2S. The van der Waals surface area contributed by atoms with Crippen molar-refractivity contribution >= 4 is 11.8 Å². The van der Waals surface area contributed by atoms with E-state index < -0.39 is 0 Å². The molecule has 1 saturated heterocycles. The van der Waals surface area contributed by atoms with Crippen LogP contribution in [-0.2, 0) is 4.74 Å². The van der Waals surface area contributed by atoms with Gasteiger partial charge in [-0.2, -0.15) is 11.8 Å². The second-order valence-corrected chi connectivity index (χ2v) is 5.88. The fraction of sp³-hybridized carbons (Fsp3) is 1.00. The number of thioether (sulfide) groups is 1. The molecule has 0 bridgehead atoms. The summed E-state index contributed by atoms with van der Waals surface area (Å²) in [5.41, 5.74) is 0. The first-order valence-electron chi connectivity index (χ1n) is 5.77. The van der Waals surface area contributed by atoms with Crippen molar-refractivity contribution in [1.29, 1.82) is 0 Å². The molecule has 1 heterocycles. The van der Waals surface area contributed by atoms with Crippen molar-refractivity contribution in [2.45, 2.75) is 55.1 Å². The molecule has 0 aromatic carbocycles. The normalized spacial score (nSPS) is 35.8. The van der Waals surface area contributed by atoms with E-state index in [-0.39, 0.29) is 6.10 Å². The fourth-order valence-corrected chi connectivity index (χ4v) is 3.87. The highest BCUT2D eigenvalue weighted by Gasteiger charge is 2.27. The third-order valence-electron chi connectivity index (χ3n) is 3.20. The van der Waals surface area contributed by atoms with E-state index in [1.807, 2.05) is 11.8 Å². The lowest BCUT2D eigenvalue weighted by Gasteiger charge is -2.31. The minimum atomic E-state index is -0.0448. The monoisotopic (exact) mass is 216 g/mol. The largest absolute Gasteiger partial charge is 0.392 e. The number of ether oxygens (including phenoxy) is 1. The second-order valence-electron chi connectivity index (χ2n) is 4.34. The lowest BCUT2D eigenvalue weighted by molar-refractivity contribution is 0.0988. The number of rotatable bonds is 2. The van der Waals surface area contributed by atoms with Crippen LogP contribution in [0.25, 0.3) is 0 Å². The van der Waals surface area contributed by atoms with Gasteiger partial charge in [-0.15, -0.1) is 0 Å². The summed E-state index contributed by atoms with van der Waals surface area (Å²) in [4.78, 5) is 0. The first kappa shape index (κ1) is 10.8. The quantitative estimate of drug-likeness (QED) is 0.767. The molecule has 0 spiro atoms. The first-order valence-corrected chi connectivity index (χ1v) is 6.72. The van der Waals surface area contributed by atoms with Gasteiger partial charge >= 0.3 is 0 Å². The Labute approximate surface area is 90.4 Å². The van der Waals surface area contributed by atoms with Crippen LogP contribution in [-0.4, -0.2) is 34.9 Å². The lowest BCUT2D eigenvalue weighted by Crippen LogP contribution is -2.30. The van der Waals surface area contributed by atoms with Crippen LogP contribution in [0.5, 0.6) is 0 Å². The summed E-state index contributed by atoms with van der Waals surface area (Å²) in [6.45, 7) is 1.83. The van der Waals surface area contributed by atoms with Crippen LogP contribution in [0.2, 0.25) is 0 Å². The predicted molar refractivity (Wildman–Crippen MR) is 59.7 cm³/mol. The van der Waals surface area contributed by atoms with E-state index in [0.29, 0.717) is 5.25 Å². The van der Waals surface area contributed by atoms with Crippen molar-refractivity contribution < 1.29 is 9.84 Å². The highest BCUT2D eigenvalue weighted by Crippen LogP contribution is 2.34. The Morgan fingerprint density at radius 2 is 1.71 bits per heavy atom. The topological polar surface area (TPSA) is 29.5 Å². The second kappa shape index (κ2) is 5.38. The van der Waals surface area contributed by atoms with Gasteiger partial charge in [0.25, 0.3) is 0 Å². The first-order chi connectivity index (χ1) is 6.86. The Hall–Kier alpha value is 0.270. The minimum absolute atomic E-state index is 0.0448. The number of aliphatic hydroxyl groups is 1. The third kappa shape index (κ3) is 2.88. The Morgan fingerprint density at radius 3 is 2.43 bits per heavy atom. The van der Waals surface area contributed by atoms with Crippen LogP contribution in [0.3, 0.4) is 0 Å². The van der Waals surface area contributed by atoms with Crippen LogP contribution in [0.1, 0.15) is 38.5 Å². The summed E-state index contributed by atoms with van der Waals surface area (Å²) in [7, 11) is 0. The summed E-state index contributed by atoms with van der Waals surface area (Å²) in [6.07, 6.45) is 7.05. The summed E-state index contributed by atoms with van der Waals surface area (Å²) in [5, 5.41) is 11.1. The Balaban J connectivity index is 1.76. The molecule has 2 atom stereocenters. The molecular weight excluding hydrogens is 196 g/mol. The predicted octanol–water partition coefficient (Wildman–Crippen LogP) is 2.20. The van der Waals surface area contributed by atoms with E-state index in [1.54, 1.807) is 0 Å². The van der Waals surface area contributed by atoms with Gasteiger partial charge < -0.3 is 9.84 Å². The molecule has 82 valence electrons. The molecule has 0 radical (unpaired) electrons. The maximum absolute atomic E-state index is 9.85. The van der Waals surface area contributed by atoms with Gasteiger partial charge in [0.15, 0.2) is 0 Å². The van der Waals surface area contributed by atoms with Gasteiger partial charge in [-0.05, 0) is 25.7 Å². The summed E-state index contributed by atoms with van der Waals surface area (Å²) in [6, 6.07) is 0. The Bertz CT molecular complexity index is 169. The van der Waals surface area contributed by atoms with E-state index in [9.17, 15) is 5.11 Å². The zero-order valence-corrected chi connectivity index (χ0v) is 9.47. The highest BCUT2D eigenvalue weighted by atomic mass is 32.2. The average molecular weight is 216 g/mol. The molecule has 0 amide bonds. The maximum Gasteiger partial charge on any atom is 0.0658 e. The average Bonchev–Trinajstić information content (AvgIpc) is 2.23. The van der Waals surface area contributed by atoms with Crippen molar-refractivity contribution in [2.24, 2.45) is 0 Å². The Kier molecular flexibility index (Phi) is 4.14. The molecule has 0 aromatic heterocycles. The van der Waals surface area contributed by atoms with Crippen LogP contribution in [0.15, 0.2) is 0 Å². The third-order valence-corrected chi connectivity index (χ3v) is 4.96. The minimum Gasteiger partial charge on any atom is -0.392 e. The number of aliphatic hydroxyl groups excluding tert-OH is 1.